The van der Waals surface area contributed by atoms with E-state index in [-0.39, 0.29) is 0 Å². The molecule has 0 bridgehead atoms. The van der Waals surface area contributed by atoms with Gasteiger partial charge in [0.1, 0.15) is 0 Å². The molecule has 1 aliphatic heterocycles. The molecule has 0 N–H and O–H groups in total. The van der Waals surface area contributed by atoms with Crippen molar-refractivity contribution >= 4 is 11.3 Å². The summed E-state index contributed by atoms with van der Waals surface area (Å²) in [4.78, 5) is 12.3. The average molecular weight is 347 g/mol. The Morgan fingerprint density at radius 3 is 2.75 bits per heavy atom. The Bertz CT molecular complexity index is 658. The molecule has 1 saturated carbocycles. The van der Waals surface area contributed by atoms with E-state index in [0.717, 1.165) is 31.3 Å². The van der Waals surface area contributed by atoms with Gasteiger partial charge in [0, 0.05) is 28.8 Å². The third-order valence-corrected chi connectivity index (χ3v) is 5.85. The summed E-state index contributed by atoms with van der Waals surface area (Å²) in [5.74, 6) is 2.18. The molecule has 1 saturated heterocycles. The van der Waals surface area contributed by atoms with Crippen LogP contribution >= 0.6 is 11.3 Å². The predicted octanol–water partition coefficient (Wildman–Crippen LogP) is 3.63. The highest BCUT2D eigenvalue weighted by Gasteiger charge is 2.29. The highest BCUT2D eigenvalue weighted by Crippen LogP contribution is 2.38. The first-order valence-corrected chi connectivity index (χ1v) is 9.89. The molecule has 0 atom stereocenters. The lowest BCUT2D eigenvalue weighted by Crippen LogP contribution is -2.28. The van der Waals surface area contributed by atoms with Gasteiger partial charge in [0.2, 0.25) is 5.89 Å². The number of hydrogen-bond acceptors (Lipinski definition) is 6. The van der Waals surface area contributed by atoms with E-state index in [9.17, 15) is 0 Å². The molecular formula is C18H26N4OS. The molecule has 24 heavy (non-hydrogen) atoms. The van der Waals surface area contributed by atoms with Gasteiger partial charge in [-0.3, -0.25) is 9.80 Å². The minimum Gasteiger partial charge on any atom is -0.339 e. The number of nitrogens with zero attached hydrogens (tertiary/aromatic N) is 4. The van der Waals surface area contributed by atoms with Crippen LogP contribution in [0, 0.1) is 0 Å². The van der Waals surface area contributed by atoms with Crippen LogP contribution in [-0.4, -0.2) is 40.1 Å². The monoisotopic (exact) mass is 346 g/mol. The summed E-state index contributed by atoms with van der Waals surface area (Å²) in [5.41, 5.74) is 0. The minimum atomic E-state index is 0.534. The average Bonchev–Trinajstić information content (AvgIpc) is 3.18. The summed E-state index contributed by atoms with van der Waals surface area (Å²) >= 11 is 1.94. The van der Waals surface area contributed by atoms with Crippen molar-refractivity contribution in [3.05, 3.63) is 33.6 Å². The van der Waals surface area contributed by atoms with E-state index in [0.29, 0.717) is 5.92 Å². The zero-order valence-corrected chi connectivity index (χ0v) is 15.2. The fraction of sp³-hybridized carbons (Fsp3) is 0.667. The summed E-state index contributed by atoms with van der Waals surface area (Å²) in [5, 5.41) is 4.11. The molecule has 3 heterocycles. The Morgan fingerprint density at radius 1 is 1.17 bits per heavy atom. The lowest BCUT2D eigenvalue weighted by atomic mass is 10.1. The third-order valence-electron chi connectivity index (χ3n) is 4.79. The molecule has 0 amide bonds. The van der Waals surface area contributed by atoms with Gasteiger partial charge in [-0.05, 0) is 58.0 Å². The lowest BCUT2D eigenvalue weighted by molar-refractivity contribution is 0.222. The van der Waals surface area contributed by atoms with Gasteiger partial charge in [0.15, 0.2) is 5.82 Å². The second-order valence-corrected chi connectivity index (χ2v) is 8.45. The maximum absolute atomic E-state index is 5.34. The van der Waals surface area contributed by atoms with Crippen molar-refractivity contribution in [2.45, 2.75) is 57.7 Å². The second kappa shape index (κ2) is 7.33. The summed E-state index contributed by atoms with van der Waals surface area (Å²) in [6.07, 6.45) is 6.51. The van der Waals surface area contributed by atoms with Crippen LogP contribution in [0.1, 0.15) is 59.5 Å². The molecule has 1 aliphatic carbocycles. The number of rotatable bonds is 7. The molecule has 130 valence electrons. The maximum atomic E-state index is 5.34. The van der Waals surface area contributed by atoms with Gasteiger partial charge < -0.3 is 4.52 Å². The number of aromatic nitrogens is 2. The molecule has 6 heteroatoms. The van der Waals surface area contributed by atoms with Crippen LogP contribution in [0.2, 0.25) is 0 Å². The Morgan fingerprint density at radius 2 is 1.96 bits per heavy atom. The molecule has 2 aromatic rings. The summed E-state index contributed by atoms with van der Waals surface area (Å²) in [6.45, 7) is 5.32. The van der Waals surface area contributed by atoms with E-state index in [1.165, 1.54) is 54.9 Å². The summed E-state index contributed by atoms with van der Waals surface area (Å²) in [6, 6.07) is 4.56. The Hall–Kier alpha value is -1.24. The van der Waals surface area contributed by atoms with E-state index < -0.39 is 0 Å². The van der Waals surface area contributed by atoms with E-state index in [1.54, 1.807) is 0 Å². The van der Waals surface area contributed by atoms with Crippen LogP contribution < -0.4 is 0 Å². The molecule has 0 aromatic carbocycles. The van der Waals surface area contributed by atoms with Crippen LogP contribution in [0.5, 0.6) is 0 Å². The van der Waals surface area contributed by atoms with Crippen LogP contribution in [0.25, 0.3) is 0 Å². The van der Waals surface area contributed by atoms with Gasteiger partial charge in [0.05, 0.1) is 6.54 Å². The van der Waals surface area contributed by atoms with Crippen molar-refractivity contribution in [2.75, 3.05) is 20.1 Å². The van der Waals surface area contributed by atoms with Gasteiger partial charge >= 0.3 is 0 Å². The molecule has 0 unspecified atom stereocenters. The van der Waals surface area contributed by atoms with E-state index >= 15 is 0 Å². The van der Waals surface area contributed by atoms with Gasteiger partial charge in [0.25, 0.3) is 0 Å². The first kappa shape index (κ1) is 16.2. The zero-order chi connectivity index (χ0) is 16.4. The van der Waals surface area contributed by atoms with Crippen molar-refractivity contribution in [1.82, 2.24) is 19.9 Å². The molecule has 2 aromatic heterocycles. The predicted molar refractivity (Wildman–Crippen MR) is 94.9 cm³/mol. The number of hydrogen-bond donors (Lipinski definition) is 0. The molecular weight excluding hydrogens is 320 g/mol. The fourth-order valence-corrected chi connectivity index (χ4v) is 4.46. The van der Waals surface area contributed by atoms with Gasteiger partial charge in [-0.2, -0.15) is 4.98 Å². The van der Waals surface area contributed by atoms with E-state index in [1.807, 2.05) is 11.3 Å². The van der Waals surface area contributed by atoms with Crippen molar-refractivity contribution in [1.29, 1.82) is 0 Å². The van der Waals surface area contributed by atoms with Crippen LogP contribution in [0.4, 0.5) is 0 Å². The second-order valence-electron chi connectivity index (χ2n) is 7.20. The van der Waals surface area contributed by atoms with Crippen molar-refractivity contribution in [2.24, 2.45) is 0 Å². The third kappa shape index (κ3) is 4.23. The number of likely N-dealkylation sites (tertiary alicyclic amines) is 1. The number of thiophene rings is 1. The van der Waals surface area contributed by atoms with E-state index in [2.05, 4.69) is 39.1 Å². The van der Waals surface area contributed by atoms with Crippen LogP contribution in [-0.2, 0) is 19.6 Å². The van der Waals surface area contributed by atoms with E-state index in [4.69, 9.17) is 4.52 Å². The standard InChI is InChI=1S/C18H26N4OS/c1-21(13-17-19-18(23-20-17)14-5-6-14)11-15-7-8-16(24-15)12-22-9-3-2-4-10-22/h7-8,14H,2-6,9-13H2,1H3. The van der Waals surface area contributed by atoms with Crippen molar-refractivity contribution in [3.63, 3.8) is 0 Å². The van der Waals surface area contributed by atoms with Gasteiger partial charge in [-0.1, -0.05) is 11.6 Å². The fourth-order valence-electron chi connectivity index (χ4n) is 3.32. The zero-order valence-electron chi connectivity index (χ0n) is 14.4. The first-order chi connectivity index (χ1) is 11.8. The SMILES string of the molecule is CN(Cc1noc(C2CC2)n1)Cc1ccc(CN2CCCCC2)s1. The Labute approximate surface area is 147 Å². The first-order valence-electron chi connectivity index (χ1n) is 9.07. The quantitative estimate of drug-likeness (QED) is 0.766. The Kier molecular flexibility index (Phi) is 4.96. The molecule has 0 radical (unpaired) electrons. The highest BCUT2D eigenvalue weighted by molar-refractivity contribution is 7.11. The minimum absolute atomic E-state index is 0.534. The maximum Gasteiger partial charge on any atom is 0.229 e. The topological polar surface area (TPSA) is 45.4 Å². The largest absolute Gasteiger partial charge is 0.339 e. The van der Waals surface area contributed by atoms with Crippen LogP contribution in [0.3, 0.4) is 0 Å². The molecule has 2 fully saturated rings. The highest BCUT2D eigenvalue weighted by atomic mass is 32.1. The normalized spacial score (nSPS) is 19.2. The lowest BCUT2D eigenvalue weighted by Gasteiger charge is -2.25. The summed E-state index contributed by atoms with van der Waals surface area (Å²) in [7, 11) is 2.12. The van der Waals surface area contributed by atoms with Crippen molar-refractivity contribution < 1.29 is 4.52 Å². The van der Waals surface area contributed by atoms with Gasteiger partial charge in [-0.15, -0.1) is 11.3 Å². The van der Waals surface area contributed by atoms with Gasteiger partial charge in [-0.25, -0.2) is 0 Å². The van der Waals surface area contributed by atoms with Crippen LogP contribution in [0.15, 0.2) is 16.7 Å². The molecule has 0 spiro atoms. The van der Waals surface area contributed by atoms with Crippen molar-refractivity contribution in [3.8, 4) is 0 Å². The Balaban J connectivity index is 1.27. The smallest absolute Gasteiger partial charge is 0.229 e. The molecule has 4 rings (SSSR count). The number of piperidine rings is 1. The summed E-state index contributed by atoms with van der Waals surface area (Å²) < 4.78 is 5.34. The molecule has 5 nitrogen and oxygen atoms in total. The molecule has 2 aliphatic rings.